The van der Waals surface area contributed by atoms with Gasteiger partial charge < -0.3 is 9.64 Å². The first-order valence-corrected chi connectivity index (χ1v) is 7.17. The summed E-state index contributed by atoms with van der Waals surface area (Å²) in [5, 5.41) is 12.4. The Morgan fingerprint density at radius 2 is 2.00 bits per heavy atom. The average Bonchev–Trinajstić information content (AvgIpc) is 2.37. The quantitative estimate of drug-likeness (QED) is 0.932. The molecule has 5 nitrogen and oxygen atoms in total. The Bertz CT molecular complexity index is 569. The van der Waals surface area contributed by atoms with E-state index in [4.69, 9.17) is 4.74 Å². The Labute approximate surface area is 129 Å². The average molecular weight is 305 g/mol. The highest BCUT2D eigenvalue weighted by Crippen LogP contribution is 2.19. The highest BCUT2D eigenvalue weighted by Gasteiger charge is 2.34. The number of likely N-dealkylation sites (tertiary alicyclic amines) is 1. The number of benzene rings is 1. The second-order valence-electron chi connectivity index (χ2n) is 6.36. The molecule has 1 aromatic carbocycles. The molecule has 0 saturated carbocycles. The Morgan fingerprint density at radius 1 is 1.41 bits per heavy atom. The molecule has 2 rings (SSSR count). The third-order valence-corrected chi connectivity index (χ3v) is 3.27. The zero-order valence-electron chi connectivity index (χ0n) is 13.0. The fourth-order valence-electron chi connectivity index (χ4n) is 2.16. The molecular formula is C16H20FN3O2. The van der Waals surface area contributed by atoms with Crippen molar-refractivity contribution in [3.05, 3.63) is 35.6 Å². The number of nitrogens with one attached hydrogen (secondary N) is 1. The number of carbonyl (C=O) groups is 1. The van der Waals surface area contributed by atoms with Gasteiger partial charge in [0.05, 0.1) is 6.07 Å². The van der Waals surface area contributed by atoms with Crippen LogP contribution in [0, 0.1) is 17.1 Å². The predicted octanol–water partition coefficient (Wildman–Crippen LogP) is 2.60. The zero-order chi connectivity index (χ0) is 16.3. The van der Waals surface area contributed by atoms with Crippen molar-refractivity contribution in [3.63, 3.8) is 0 Å². The van der Waals surface area contributed by atoms with Gasteiger partial charge >= 0.3 is 6.09 Å². The highest BCUT2D eigenvalue weighted by atomic mass is 19.1. The van der Waals surface area contributed by atoms with E-state index in [2.05, 4.69) is 11.4 Å². The van der Waals surface area contributed by atoms with Crippen LogP contribution in [0.3, 0.4) is 0 Å². The second kappa shape index (κ2) is 6.32. The van der Waals surface area contributed by atoms with E-state index in [0.29, 0.717) is 18.7 Å². The minimum Gasteiger partial charge on any atom is -0.444 e. The molecule has 0 radical (unpaired) electrons. The largest absolute Gasteiger partial charge is 0.444 e. The smallest absolute Gasteiger partial charge is 0.410 e. The van der Waals surface area contributed by atoms with Crippen molar-refractivity contribution in [2.24, 2.45) is 0 Å². The van der Waals surface area contributed by atoms with Crippen molar-refractivity contribution in [2.75, 3.05) is 13.1 Å². The summed E-state index contributed by atoms with van der Waals surface area (Å²) in [5.74, 6) is -0.333. The third-order valence-electron chi connectivity index (χ3n) is 3.27. The Morgan fingerprint density at radius 3 is 2.50 bits per heavy atom. The van der Waals surface area contributed by atoms with Crippen molar-refractivity contribution in [2.45, 2.75) is 38.5 Å². The summed E-state index contributed by atoms with van der Waals surface area (Å²) in [7, 11) is 0. The van der Waals surface area contributed by atoms with Crippen LogP contribution in [-0.2, 0) is 4.74 Å². The van der Waals surface area contributed by atoms with E-state index in [1.54, 1.807) is 17.0 Å². The number of hydrogen-bond acceptors (Lipinski definition) is 4. The zero-order valence-corrected chi connectivity index (χ0v) is 13.0. The molecular weight excluding hydrogens is 285 g/mol. The molecule has 0 aliphatic carbocycles. The minimum absolute atomic E-state index is 0.0298. The van der Waals surface area contributed by atoms with Crippen LogP contribution in [0.4, 0.5) is 9.18 Å². The molecule has 0 spiro atoms. The fourth-order valence-corrected chi connectivity index (χ4v) is 2.16. The van der Waals surface area contributed by atoms with Crippen LogP contribution in [0.25, 0.3) is 0 Å². The van der Waals surface area contributed by atoms with Gasteiger partial charge in [-0.2, -0.15) is 5.26 Å². The summed E-state index contributed by atoms with van der Waals surface area (Å²) in [5.41, 5.74) is 0.193. The predicted molar refractivity (Wildman–Crippen MR) is 79.5 cm³/mol. The normalized spacial score (nSPS) is 16.6. The highest BCUT2D eigenvalue weighted by molar-refractivity contribution is 5.69. The maximum absolute atomic E-state index is 12.9. The van der Waals surface area contributed by atoms with Crippen LogP contribution >= 0.6 is 0 Å². The molecule has 1 aromatic rings. The number of nitriles is 1. The molecule has 1 heterocycles. The lowest BCUT2D eigenvalue weighted by Gasteiger charge is -2.41. The van der Waals surface area contributed by atoms with Crippen LogP contribution in [0.15, 0.2) is 24.3 Å². The van der Waals surface area contributed by atoms with Gasteiger partial charge in [-0.25, -0.2) is 9.18 Å². The number of amides is 1. The van der Waals surface area contributed by atoms with Crippen LogP contribution < -0.4 is 5.32 Å². The third kappa shape index (κ3) is 4.18. The molecule has 1 aliphatic rings. The van der Waals surface area contributed by atoms with Gasteiger partial charge in [0.2, 0.25) is 0 Å². The van der Waals surface area contributed by atoms with E-state index in [1.807, 2.05) is 20.8 Å². The first-order chi connectivity index (χ1) is 10.3. The van der Waals surface area contributed by atoms with Crippen molar-refractivity contribution < 1.29 is 13.9 Å². The topological polar surface area (TPSA) is 65.4 Å². The molecule has 6 heteroatoms. The van der Waals surface area contributed by atoms with Gasteiger partial charge in [-0.15, -0.1) is 0 Å². The van der Waals surface area contributed by atoms with Gasteiger partial charge in [0.25, 0.3) is 0 Å². The minimum atomic E-state index is -0.522. The SMILES string of the molecule is CC(C)(C)OC(=O)N1CC(NC(C#N)c2ccc(F)cc2)C1. The van der Waals surface area contributed by atoms with Gasteiger partial charge in [-0.05, 0) is 38.5 Å². The van der Waals surface area contributed by atoms with E-state index in [9.17, 15) is 14.4 Å². The Kier molecular flexibility index (Phi) is 4.67. The van der Waals surface area contributed by atoms with E-state index < -0.39 is 11.6 Å². The van der Waals surface area contributed by atoms with Gasteiger partial charge in [-0.1, -0.05) is 12.1 Å². The maximum atomic E-state index is 12.9. The molecule has 118 valence electrons. The maximum Gasteiger partial charge on any atom is 0.410 e. The first-order valence-electron chi connectivity index (χ1n) is 7.17. The number of nitrogens with zero attached hydrogens (tertiary/aromatic N) is 2. The summed E-state index contributed by atoms with van der Waals surface area (Å²) >= 11 is 0. The van der Waals surface area contributed by atoms with Crippen LogP contribution in [0.5, 0.6) is 0 Å². The Hall–Kier alpha value is -2.13. The number of carbonyl (C=O) groups excluding carboxylic acids is 1. The summed E-state index contributed by atoms with van der Waals surface area (Å²) in [6.07, 6.45) is -0.346. The van der Waals surface area contributed by atoms with Crippen LogP contribution in [-0.4, -0.2) is 35.7 Å². The molecule has 1 atom stereocenters. The molecule has 0 bridgehead atoms. The van der Waals surface area contributed by atoms with Crippen molar-refractivity contribution in [1.82, 2.24) is 10.2 Å². The monoisotopic (exact) mass is 305 g/mol. The molecule has 1 amide bonds. The van der Waals surface area contributed by atoms with Crippen LogP contribution in [0.1, 0.15) is 32.4 Å². The van der Waals surface area contributed by atoms with Crippen molar-refractivity contribution in [3.8, 4) is 6.07 Å². The van der Waals surface area contributed by atoms with Gasteiger partial charge in [-0.3, -0.25) is 5.32 Å². The number of hydrogen-bond donors (Lipinski definition) is 1. The number of rotatable bonds is 3. The van der Waals surface area contributed by atoms with E-state index in [0.717, 1.165) is 0 Å². The van der Waals surface area contributed by atoms with Gasteiger partial charge in [0, 0.05) is 19.1 Å². The summed E-state index contributed by atoms with van der Waals surface area (Å²) in [6, 6.07) is 7.48. The molecule has 1 aliphatic heterocycles. The summed E-state index contributed by atoms with van der Waals surface area (Å²) in [4.78, 5) is 13.4. The lowest BCUT2D eigenvalue weighted by molar-refractivity contribution is 0.00475. The standard InChI is InChI=1S/C16H20FN3O2/c1-16(2,3)22-15(21)20-9-13(10-20)19-14(8-18)11-4-6-12(17)7-5-11/h4-7,13-14,19H,9-10H2,1-3H3. The second-order valence-corrected chi connectivity index (χ2v) is 6.36. The lowest BCUT2D eigenvalue weighted by atomic mass is 10.0. The van der Waals surface area contributed by atoms with E-state index >= 15 is 0 Å². The van der Waals surface area contributed by atoms with Gasteiger partial charge in [0.15, 0.2) is 0 Å². The molecule has 22 heavy (non-hydrogen) atoms. The molecule has 1 N–H and O–H groups in total. The van der Waals surface area contributed by atoms with Crippen molar-refractivity contribution >= 4 is 6.09 Å². The summed E-state index contributed by atoms with van der Waals surface area (Å²) in [6.45, 7) is 6.45. The molecule has 1 saturated heterocycles. The van der Waals surface area contributed by atoms with Crippen molar-refractivity contribution in [1.29, 1.82) is 5.26 Å². The first kappa shape index (κ1) is 16.2. The van der Waals surface area contributed by atoms with Gasteiger partial charge in [0.1, 0.15) is 17.5 Å². The summed E-state index contributed by atoms with van der Waals surface area (Å²) < 4.78 is 18.2. The molecule has 0 aromatic heterocycles. The number of halogens is 1. The lowest BCUT2D eigenvalue weighted by Crippen LogP contribution is -2.60. The van der Waals surface area contributed by atoms with E-state index in [1.165, 1.54) is 12.1 Å². The van der Waals surface area contributed by atoms with E-state index in [-0.39, 0.29) is 18.0 Å². The fraction of sp³-hybridized carbons (Fsp3) is 0.500. The van der Waals surface area contributed by atoms with Crippen LogP contribution in [0.2, 0.25) is 0 Å². The molecule has 1 unspecified atom stereocenters. The Balaban J connectivity index is 1.85. The number of ether oxygens (including phenoxy) is 1. The molecule has 1 fully saturated rings.